The minimum Gasteiger partial charge on any atom is -0.390 e. The third kappa shape index (κ3) is 3.27. The van der Waals surface area contributed by atoms with Gasteiger partial charge in [0, 0.05) is 25.2 Å². The molecule has 4 heteroatoms. The van der Waals surface area contributed by atoms with Crippen LogP contribution in [0.2, 0.25) is 0 Å². The topological polar surface area (TPSA) is 52.6 Å². The highest BCUT2D eigenvalue weighted by Gasteiger charge is 2.27. The normalized spacial score (nSPS) is 26.1. The van der Waals surface area contributed by atoms with Crippen LogP contribution in [0.3, 0.4) is 0 Å². The maximum atomic E-state index is 12.7. The summed E-state index contributed by atoms with van der Waals surface area (Å²) in [4.78, 5) is 14.6. The molecule has 0 radical (unpaired) electrons. The Bertz CT molecular complexity index is 540. The van der Waals surface area contributed by atoms with Gasteiger partial charge in [-0.2, -0.15) is 0 Å². The van der Waals surface area contributed by atoms with Crippen LogP contribution in [0.5, 0.6) is 0 Å². The van der Waals surface area contributed by atoms with Gasteiger partial charge in [0.15, 0.2) is 0 Å². The highest BCUT2D eigenvalue weighted by Crippen LogP contribution is 2.23. The standard InChI is InChI=1S/C17H24N2O2/c1-17(21)6-2-9-19(10-7-17)16(20)14-4-3-13-5-8-18-12-15(13)11-14/h3-4,11,18,21H,2,5-10,12H2,1H3. The lowest BCUT2D eigenvalue weighted by molar-refractivity contribution is 0.0438. The van der Waals surface area contributed by atoms with Gasteiger partial charge in [0.1, 0.15) is 0 Å². The molecule has 4 nitrogen and oxygen atoms in total. The van der Waals surface area contributed by atoms with Gasteiger partial charge in [0.25, 0.3) is 5.91 Å². The molecular formula is C17H24N2O2. The van der Waals surface area contributed by atoms with Crippen LogP contribution >= 0.6 is 0 Å². The Morgan fingerprint density at radius 3 is 3.00 bits per heavy atom. The number of nitrogens with one attached hydrogen (secondary N) is 1. The summed E-state index contributed by atoms with van der Waals surface area (Å²) < 4.78 is 0. The van der Waals surface area contributed by atoms with Crippen molar-refractivity contribution < 1.29 is 9.90 Å². The summed E-state index contributed by atoms with van der Waals surface area (Å²) in [5.74, 6) is 0.0982. The van der Waals surface area contributed by atoms with Crippen molar-refractivity contribution in [1.29, 1.82) is 0 Å². The lowest BCUT2D eigenvalue weighted by Gasteiger charge is -2.24. The molecule has 1 atom stereocenters. The molecule has 1 unspecified atom stereocenters. The molecule has 1 amide bonds. The first-order chi connectivity index (χ1) is 10.1. The van der Waals surface area contributed by atoms with Crippen molar-refractivity contribution in [3.63, 3.8) is 0 Å². The van der Waals surface area contributed by atoms with Crippen LogP contribution in [-0.4, -0.2) is 41.1 Å². The minimum absolute atomic E-state index is 0.0982. The second kappa shape index (κ2) is 5.78. The fraction of sp³-hybridized carbons (Fsp3) is 0.588. The van der Waals surface area contributed by atoms with Crippen molar-refractivity contribution >= 4 is 5.91 Å². The molecule has 0 aromatic heterocycles. The van der Waals surface area contributed by atoms with Gasteiger partial charge in [-0.25, -0.2) is 0 Å². The van der Waals surface area contributed by atoms with Crippen molar-refractivity contribution in [1.82, 2.24) is 10.2 Å². The molecule has 2 aliphatic rings. The van der Waals surface area contributed by atoms with Crippen LogP contribution in [0.1, 0.15) is 47.7 Å². The maximum absolute atomic E-state index is 12.7. The van der Waals surface area contributed by atoms with E-state index in [0.717, 1.165) is 44.5 Å². The number of benzene rings is 1. The molecule has 2 heterocycles. The maximum Gasteiger partial charge on any atom is 0.253 e. The number of nitrogens with zero attached hydrogens (tertiary/aromatic N) is 1. The van der Waals surface area contributed by atoms with Crippen molar-refractivity contribution in [2.75, 3.05) is 19.6 Å². The summed E-state index contributed by atoms with van der Waals surface area (Å²) in [7, 11) is 0. The molecule has 0 bridgehead atoms. The predicted octanol–water partition coefficient (Wildman–Crippen LogP) is 1.71. The minimum atomic E-state index is -0.630. The molecule has 1 fully saturated rings. The zero-order valence-corrected chi connectivity index (χ0v) is 12.7. The Labute approximate surface area is 126 Å². The van der Waals surface area contributed by atoms with Crippen LogP contribution in [0, 0.1) is 0 Å². The van der Waals surface area contributed by atoms with Crippen molar-refractivity contribution in [2.24, 2.45) is 0 Å². The van der Waals surface area contributed by atoms with E-state index in [0.29, 0.717) is 13.0 Å². The first-order valence-corrected chi connectivity index (χ1v) is 7.89. The number of rotatable bonds is 1. The zero-order valence-electron chi connectivity index (χ0n) is 12.7. The largest absolute Gasteiger partial charge is 0.390 e. The second-order valence-corrected chi connectivity index (χ2v) is 6.55. The average Bonchev–Trinajstić information content (AvgIpc) is 2.67. The zero-order chi connectivity index (χ0) is 14.9. The number of likely N-dealkylation sites (tertiary alicyclic amines) is 1. The van der Waals surface area contributed by atoms with Gasteiger partial charge in [-0.05, 0) is 62.4 Å². The van der Waals surface area contributed by atoms with E-state index in [1.807, 2.05) is 24.0 Å². The number of hydrogen-bond donors (Lipinski definition) is 2. The smallest absolute Gasteiger partial charge is 0.253 e. The Hall–Kier alpha value is -1.39. The summed E-state index contributed by atoms with van der Waals surface area (Å²) in [5, 5.41) is 13.5. The Morgan fingerprint density at radius 1 is 1.29 bits per heavy atom. The Balaban J connectivity index is 1.75. The van der Waals surface area contributed by atoms with E-state index in [9.17, 15) is 9.90 Å². The molecule has 1 aromatic rings. The van der Waals surface area contributed by atoms with Gasteiger partial charge >= 0.3 is 0 Å². The lowest BCUT2D eigenvalue weighted by Crippen LogP contribution is -2.34. The number of amides is 1. The van der Waals surface area contributed by atoms with Gasteiger partial charge in [-0.15, -0.1) is 0 Å². The van der Waals surface area contributed by atoms with Crippen LogP contribution in [0.25, 0.3) is 0 Å². The van der Waals surface area contributed by atoms with E-state index in [-0.39, 0.29) is 5.91 Å². The highest BCUT2D eigenvalue weighted by molar-refractivity contribution is 5.94. The first kappa shape index (κ1) is 14.5. The Morgan fingerprint density at radius 2 is 2.14 bits per heavy atom. The van der Waals surface area contributed by atoms with E-state index >= 15 is 0 Å². The van der Waals surface area contributed by atoms with Gasteiger partial charge < -0.3 is 15.3 Å². The van der Waals surface area contributed by atoms with Gasteiger partial charge in [0.2, 0.25) is 0 Å². The summed E-state index contributed by atoms with van der Waals surface area (Å²) >= 11 is 0. The number of carbonyl (C=O) groups is 1. The fourth-order valence-electron chi connectivity index (χ4n) is 3.26. The SMILES string of the molecule is CC1(O)CCCN(C(=O)c2ccc3c(c2)CNCC3)CC1. The predicted molar refractivity (Wildman–Crippen MR) is 82.2 cm³/mol. The third-order valence-electron chi connectivity index (χ3n) is 4.69. The molecule has 2 aliphatic heterocycles. The molecule has 1 saturated heterocycles. The molecule has 0 aliphatic carbocycles. The van der Waals surface area contributed by atoms with E-state index < -0.39 is 5.60 Å². The number of aliphatic hydroxyl groups is 1. The third-order valence-corrected chi connectivity index (χ3v) is 4.69. The first-order valence-electron chi connectivity index (χ1n) is 7.89. The summed E-state index contributed by atoms with van der Waals surface area (Å²) in [6.07, 6.45) is 3.33. The monoisotopic (exact) mass is 288 g/mol. The Kier molecular flexibility index (Phi) is 4.00. The van der Waals surface area contributed by atoms with Crippen molar-refractivity contribution in [2.45, 2.75) is 44.8 Å². The molecule has 2 N–H and O–H groups in total. The van der Waals surface area contributed by atoms with Crippen LogP contribution < -0.4 is 5.32 Å². The van der Waals surface area contributed by atoms with Crippen LogP contribution in [0.15, 0.2) is 18.2 Å². The average molecular weight is 288 g/mol. The number of carbonyl (C=O) groups excluding carboxylic acids is 1. The highest BCUT2D eigenvalue weighted by atomic mass is 16.3. The van der Waals surface area contributed by atoms with Crippen LogP contribution in [-0.2, 0) is 13.0 Å². The molecule has 0 spiro atoms. The quantitative estimate of drug-likeness (QED) is 0.827. The molecule has 3 rings (SSSR count). The second-order valence-electron chi connectivity index (χ2n) is 6.55. The summed E-state index contributed by atoms with van der Waals surface area (Å²) in [5.41, 5.74) is 2.74. The van der Waals surface area contributed by atoms with Crippen LogP contribution in [0.4, 0.5) is 0 Å². The molecule has 0 saturated carbocycles. The lowest BCUT2D eigenvalue weighted by atomic mass is 9.97. The van der Waals surface area contributed by atoms with Gasteiger partial charge in [-0.3, -0.25) is 4.79 Å². The van der Waals surface area contributed by atoms with Gasteiger partial charge in [-0.1, -0.05) is 6.07 Å². The molecular weight excluding hydrogens is 264 g/mol. The fourth-order valence-corrected chi connectivity index (χ4v) is 3.26. The van der Waals surface area contributed by atoms with Gasteiger partial charge in [0.05, 0.1) is 5.60 Å². The van der Waals surface area contributed by atoms with Crippen molar-refractivity contribution in [3.8, 4) is 0 Å². The van der Waals surface area contributed by atoms with E-state index in [1.54, 1.807) is 0 Å². The number of fused-ring (bicyclic) bond motifs is 1. The summed E-state index contributed by atoms with van der Waals surface area (Å²) in [6.45, 7) is 5.11. The van der Waals surface area contributed by atoms with Crippen molar-refractivity contribution in [3.05, 3.63) is 34.9 Å². The van der Waals surface area contributed by atoms with E-state index in [1.165, 1.54) is 11.1 Å². The van der Waals surface area contributed by atoms with E-state index in [4.69, 9.17) is 0 Å². The molecule has 114 valence electrons. The molecule has 1 aromatic carbocycles. The summed E-state index contributed by atoms with van der Waals surface area (Å²) in [6, 6.07) is 6.08. The number of hydrogen-bond acceptors (Lipinski definition) is 3. The van der Waals surface area contributed by atoms with E-state index in [2.05, 4.69) is 11.4 Å². The molecule has 21 heavy (non-hydrogen) atoms.